The fraction of sp³-hybridized carbons (Fsp3) is 0.500. The molecule has 1 saturated heterocycles. The first-order chi connectivity index (χ1) is 10.8. The maximum absolute atomic E-state index is 4.94. The van der Waals surface area contributed by atoms with E-state index in [9.17, 15) is 0 Å². The van der Waals surface area contributed by atoms with E-state index < -0.39 is 0 Å². The van der Waals surface area contributed by atoms with Crippen LogP contribution in [0, 0.1) is 0 Å². The Morgan fingerprint density at radius 1 is 1.14 bits per heavy atom. The molecule has 0 amide bonds. The molecule has 3 rings (SSSR count). The van der Waals surface area contributed by atoms with Crippen LogP contribution in [0.25, 0.3) is 11.1 Å². The molecule has 0 aromatic carbocycles. The van der Waals surface area contributed by atoms with Gasteiger partial charge in [0.1, 0.15) is 5.82 Å². The van der Waals surface area contributed by atoms with Crippen LogP contribution in [0.4, 0.5) is 5.82 Å². The quantitative estimate of drug-likeness (QED) is 0.834. The van der Waals surface area contributed by atoms with E-state index in [0.717, 1.165) is 38.4 Å². The predicted octanol–water partition coefficient (Wildman–Crippen LogP) is 3.90. The number of anilines is 1. The van der Waals surface area contributed by atoms with Crippen molar-refractivity contribution in [3.05, 3.63) is 34.7 Å². The molecule has 22 heavy (non-hydrogen) atoms. The minimum Gasteiger partial charge on any atom is -0.354 e. The van der Waals surface area contributed by atoms with Crippen molar-refractivity contribution < 1.29 is 0 Å². The first-order valence-electron chi connectivity index (χ1n) is 8.23. The summed E-state index contributed by atoms with van der Waals surface area (Å²) in [5.41, 5.74) is 3.87. The molecule has 0 saturated carbocycles. The van der Waals surface area contributed by atoms with E-state index in [2.05, 4.69) is 52.7 Å². The summed E-state index contributed by atoms with van der Waals surface area (Å²) >= 11 is 1.76. The lowest BCUT2D eigenvalue weighted by Gasteiger charge is -2.33. The van der Waals surface area contributed by atoms with E-state index in [0.29, 0.717) is 0 Å². The SMILES string of the molecule is CCCCc1cc(-c2ccsc2)cc(N2CCN(C)CC2)n1. The molecule has 2 aromatic heterocycles. The average Bonchev–Trinajstić information content (AvgIpc) is 3.08. The van der Waals surface area contributed by atoms with Crippen molar-refractivity contribution in [2.24, 2.45) is 0 Å². The predicted molar refractivity (Wildman–Crippen MR) is 95.9 cm³/mol. The Morgan fingerprint density at radius 2 is 1.95 bits per heavy atom. The third kappa shape index (κ3) is 3.68. The van der Waals surface area contributed by atoms with Gasteiger partial charge < -0.3 is 9.80 Å². The number of likely N-dealkylation sites (N-methyl/N-ethyl adjacent to an activating group) is 1. The van der Waals surface area contributed by atoms with E-state index in [1.54, 1.807) is 11.3 Å². The summed E-state index contributed by atoms with van der Waals surface area (Å²) in [6.07, 6.45) is 3.51. The first kappa shape index (κ1) is 15.5. The van der Waals surface area contributed by atoms with Gasteiger partial charge in [0.25, 0.3) is 0 Å². The third-order valence-corrected chi connectivity index (χ3v) is 5.02. The third-order valence-electron chi connectivity index (χ3n) is 4.33. The van der Waals surface area contributed by atoms with Gasteiger partial charge in [-0.2, -0.15) is 11.3 Å². The Bertz CT molecular complexity index is 586. The molecule has 4 heteroatoms. The van der Waals surface area contributed by atoms with Gasteiger partial charge >= 0.3 is 0 Å². The Labute approximate surface area is 137 Å². The topological polar surface area (TPSA) is 19.4 Å². The summed E-state index contributed by atoms with van der Waals surface area (Å²) in [5.74, 6) is 1.16. The first-order valence-corrected chi connectivity index (χ1v) is 9.17. The number of unbranched alkanes of at least 4 members (excludes halogenated alkanes) is 1. The molecule has 118 valence electrons. The second-order valence-electron chi connectivity index (χ2n) is 6.11. The minimum absolute atomic E-state index is 1.07. The Morgan fingerprint density at radius 3 is 2.64 bits per heavy atom. The second kappa shape index (κ2) is 7.25. The molecule has 0 spiro atoms. The minimum atomic E-state index is 1.07. The number of pyridine rings is 1. The number of piperazine rings is 1. The lowest BCUT2D eigenvalue weighted by atomic mass is 10.1. The van der Waals surface area contributed by atoms with Crippen LogP contribution in [0.5, 0.6) is 0 Å². The molecule has 1 aliphatic heterocycles. The number of hydrogen-bond acceptors (Lipinski definition) is 4. The Hall–Kier alpha value is -1.39. The number of aromatic nitrogens is 1. The highest BCUT2D eigenvalue weighted by molar-refractivity contribution is 7.08. The molecule has 0 unspecified atom stereocenters. The largest absolute Gasteiger partial charge is 0.354 e. The van der Waals surface area contributed by atoms with Crippen LogP contribution in [0.15, 0.2) is 29.0 Å². The van der Waals surface area contributed by atoms with E-state index >= 15 is 0 Å². The van der Waals surface area contributed by atoms with Gasteiger partial charge in [0, 0.05) is 31.9 Å². The number of rotatable bonds is 5. The fourth-order valence-corrected chi connectivity index (χ4v) is 3.52. The zero-order chi connectivity index (χ0) is 15.4. The Balaban J connectivity index is 1.89. The molecule has 0 N–H and O–H groups in total. The van der Waals surface area contributed by atoms with Gasteiger partial charge in [-0.1, -0.05) is 13.3 Å². The maximum Gasteiger partial charge on any atom is 0.129 e. The van der Waals surface area contributed by atoms with Gasteiger partial charge in [0.2, 0.25) is 0 Å². The number of thiophene rings is 1. The molecule has 3 nitrogen and oxygen atoms in total. The maximum atomic E-state index is 4.94. The molecule has 0 atom stereocenters. The van der Waals surface area contributed by atoms with E-state index in [1.165, 1.54) is 29.7 Å². The molecule has 3 heterocycles. The standard InChI is InChI=1S/C18H25N3S/c1-3-4-5-17-12-16(15-6-11-22-14-15)13-18(19-17)21-9-7-20(2)8-10-21/h6,11-14H,3-5,7-10H2,1-2H3. The summed E-state index contributed by atoms with van der Waals surface area (Å²) in [5, 5.41) is 4.38. The van der Waals surface area contributed by atoms with Crippen molar-refractivity contribution in [1.82, 2.24) is 9.88 Å². The highest BCUT2D eigenvalue weighted by Gasteiger charge is 2.17. The zero-order valence-electron chi connectivity index (χ0n) is 13.6. The Kier molecular flexibility index (Phi) is 5.11. The highest BCUT2D eigenvalue weighted by atomic mass is 32.1. The zero-order valence-corrected chi connectivity index (χ0v) is 14.4. The van der Waals surface area contributed by atoms with Crippen LogP contribution in [-0.4, -0.2) is 43.1 Å². The van der Waals surface area contributed by atoms with Gasteiger partial charge in [-0.05, 0) is 60.0 Å². The van der Waals surface area contributed by atoms with Crippen LogP contribution >= 0.6 is 11.3 Å². The van der Waals surface area contributed by atoms with Gasteiger partial charge in [-0.3, -0.25) is 0 Å². The van der Waals surface area contributed by atoms with Crippen molar-refractivity contribution >= 4 is 17.2 Å². The molecule has 0 bridgehead atoms. The molecule has 2 aromatic rings. The summed E-state index contributed by atoms with van der Waals surface area (Å²) in [6, 6.07) is 6.75. The summed E-state index contributed by atoms with van der Waals surface area (Å²) in [6.45, 7) is 6.63. The van der Waals surface area contributed by atoms with Crippen LogP contribution in [0.2, 0.25) is 0 Å². The van der Waals surface area contributed by atoms with Gasteiger partial charge in [0.05, 0.1) is 0 Å². The molecule has 1 fully saturated rings. The van der Waals surface area contributed by atoms with Gasteiger partial charge in [-0.15, -0.1) is 0 Å². The van der Waals surface area contributed by atoms with Crippen LogP contribution in [0.3, 0.4) is 0 Å². The monoisotopic (exact) mass is 315 g/mol. The van der Waals surface area contributed by atoms with Crippen LogP contribution < -0.4 is 4.90 Å². The van der Waals surface area contributed by atoms with Crippen molar-refractivity contribution in [2.75, 3.05) is 38.1 Å². The highest BCUT2D eigenvalue weighted by Crippen LogP contribution is 2.27. The van der Waals surface area contributed by atoms with Crippen molar-refractivity contribution in [1.29, 1.82) is 0 Å². The fourth-order valence-electron chi connectivity index (χ4n) is 2.85. The summed E-state index contributed by atoms with van der Waals surface area (Å²) in [4.78, 5) is 9.76. The molecule has 0 radical (unpaired) electrons. The number of nitrogens with zero attached hydrogens (tertiary/aromatic N) is 3. The van der Waals surface area contributed by atoms with Crippen LogP contribution in [0.1, 0.15) is 25.5 Å². The summed E-state index contributed by atoms with van der Waals surface area (Å²) < 4.78 is 0. The number of hydrogen-bond donors (Lipinski definition) is 0. The molecule has 0 aliphatic carbocycles. The van der Waals surface area contributed by atoms with Gasteiger partial charge in [-0.25, -0.2) is 4.98 Å². The van der Waals surface area contributed by atoms with Crippen molar-refractivity contribution in [3.8, 4) is 11.1 Å². The summed E-state index contributed by atoms with van der Waals surface area (Å²) in [7, 11) is 2.19. The van der Waals surface area contributed by atoms with E-state index in [1.807, 2.05) is 0 Å². The molecule has 1 aliphatic rings. The lowest BCUT2D eigenvalue weighted by molar-refractivity contribution is 0.312. The van der Waals surface area contributed by atoms with E-state index in [4.69, 9.17) is 4.98 Å². The smallest absolute Gasteiger partial charge is 0.129 e. The number of aryl methyl sites for hydroxylation is 1. The normalized spacial score (nSPS) is 16.2. The van der Waals surface area contributed by atoms with Crippen LogP contribution in [-0.2, 0) is 6.42 Å². The van der Waals surface area contributed by atoms with Crippen molar-refractivity contribution in [2.45, 2.75) is 26.2 Å². The second-order valence-corrected chi connectivity index (χ2v) is 6.89. The van der Waals surface area contributed by atoms with Gasteiger partial charge in [0.15, 0.2) is 0 Å². The molecular weight excluding hydrogens is 290 g/mol. The lowest BCUT2D eigenvalue weighted by Crippen LogP contribution is -2.44. The van der Waals surface area contributed by atoms with E-state index in [-0.39, 0.29) is 0 Å². The van der Waals surface area contributed by atoms with Crippen molar-refractivity contribution in [3.63, 3.8) is 0 Å². The average molecular weight is 315 g/mol. The molecular formula is C18H25N3S.